The highest BCUT2D eigenvalue weighted by molar-refractivity contribution is 6.62. The van der Waals surface area contributed by atoms with Gasteiger partial charge in [0.2, 0.25) is 0 Å². The van der Waals surface area contributed by atoms with Gasteiger partial charge in [-0.2, -0.15) is 0 Å². The molecule has 132 valence electrons. The summed E-state index contributed by atoms with van der Waals surface area (Å²) in [6.45, 7) is 8.01. The first-order valence-electron chi connectivity index (χ1n) is 8.24. The predicted molar refractivity (Wildman–Crippen MR) is 94.6 cm³/mol. The zero-order valence-corrected chi connectivity index (χ0v) is 14.9. The summed E-state index contributed by atoms with van der Waals surface area (Å²) in [6.07, 6.45) is 0. The molecule has 1 aliphatic rings. The lowest BCUT2D eigenvalue weighted by Gasteiger charge is -2.32. The molecule has 1 fully saturated rings. The molecule has 0 atom stereocenters. The van der Waals surface area contributed by atoms with Gasteiger partial charge in [0, 0.05) is 11.5 Å². The van der Waals surface area contributed by atoms with E-state index in [4.69, 9.17) is 14.0 Å². The lowest BCUT2D eigenvalue weighted by Crippen LogP contribution is -2.41. The van der Waals surface area contributed by atoms with Crippen LogP contribution in [0, 0.1) is 5.82 Å². The zero-order valence-electron chi connectivity index (χ0n) is 14.9. The first-order valence-corrected chi connectivity index (χ1v) is 8.24. The van der Waals surface area contributed by atoms with E-state index in [-0.39, 0.29) is 12.4 Å². The minimum Gasteiger partial charge on any atom is -0.508 e. The Balaban J connectivity index is 1.70. The van der Waals surface area contributed by atoms with Crippen LogP contribution in [0.2, 0.25) is 0 Å². The number of phenolic OH excluding ortho intramolecular Hbond substituents is 1. The average Bonchev–Trinajstić information content (AvgIpc) is 2.74. The molecule has 0 aromatic heterocycles. The fourth-order valence-electron chi connectivity index (χ4n) is 2.52. The van der Waals surface area contributed by atoms with Gasteiger partial charge in [0.05, 0.1) is 11.2 Å². The second-order valence-corrected chi connectivity index (χ2v) is 7.23. The summed E-state index contributed by atoms with van der Waals surface area (Å²) in [5, 5.41) is 9.27. The van der Waals surface area contributed by atoms with Crippen LogP contribution in [-0.4, -0.2) is 23.4 Å². The molecule has 4 nitrogen and oxygen atoms in total. The molecule has 1 heterocycles. The molecule has 0 bridgehead atoms. The van der Waals surface area contributed by atoms with Crippen molar-refractivity contribution in [3.05, 3.63) is 53.8 Å². The number of benzene rings is 2. The van der Waals surface area contributed by atoms with Crippen molar-refractivity contribution in [3.63, 3.8) is 0 Å². The number of aromatic hydroxyl groups is 1. The van der Waals surface area contributed by atoms with Gasteiger partial charge in [-0.25, -0.2) is 4.39 Å². The normalized spacial score (nSPS) is 18.4. The molecule has 2 aromatic rings. The van der Waals surface area contributed by atoms with Crippen molar-refractivity contribution in [3.8, 4) is 11.5 Å². The Morgan fingerprint density at radius 2 is 1.60 bits per heavy atom. The summed E-state index contributed by atoms with van der Waals surface area (Å²) < 4.78 is 31.9. The van der Waals surface area contributed by atoms with Gasteiger partial charge in [-0.3, -0.25) is 0 Å². The molecule has 25 heavy (non-hydrogen) atoms. The van der Waals surface area contributed by atoms with Crippen molar-refractivity contribution in [2.45, 2.75) is 45.5 Å². The van der Waals surface area contributed by atoms with Crippen LogP contribution in [0.15, 0.2) is 42.5 Å². The quantitative estimate of drug-likeness (QED) is 0.864. The monoisotopic (exact) mass is 344 g/mol. The van der Waals surface area contributed by atoms with E-state index in [0.717, 1.165) is 5.56 Å². The lowest BCUT2D eigenvalue weighted by molar-refractivity contribution is 0.00578. The highest BCUT2D eigenvalue weighted by Gasteiger charge is 2.52. The van der Waals surface area contributed by atoms with Crippen LogP contribution in [0.3, 0.4) is 0 Å². The smallest absolute Gasteiger partial charge is 0.497 e. The number of ether oxygens (including phenoxy) is 1. The van der Waals surface area contributed by atoms with Crippen LogP contribution in [0.4, 0.5) is 4.39 Å². The van der Waals surface area contributed by atoms with E-state index in [1.54, 1.807) is 36.4 Å². The zero-order chi connectivity index (χ0) is 18.2. The molecule has 0 aliphatic carbocycles. The molecule has 3 rings (SSSR count). The van der Waals surface area contributed by atoms with E-state index < -0.39 is 24.1 Å². The van der Waals surface area contributed by atoms with Crippen LogP contribution in [0.1, 0.15) is 33.3 Å². The highest BCUT2D eigenvalue weighted by Crippen LogP contribution is 2.36. The first-order chi connectivity index (χ1) is 11.7. The second kappa shape index (κ2) is 6.35. The molecule has 2 aromatic carbocycles. The van der Waals surface area contributed by atoms with Gasteiger partial charge in [0.15, 0.2) is 0 Å². The van der Waals surface area contributed by atoms with Gasteiger partial charge in [-0.05, 0) is 51.5 Å². The Morgan fingerprint density at radius 1 is 1.00 bits per heavy atom. The molecule has 1 aliphatic heterocycles. The van der Waals surface area contributed by atoms with Crippen molar-refractivity contribution >= 4 is 12.6 Å². The lowest BCUT2D eigenvalue weighted by atomic mass is 9.78. The fraction of sp³-hybridized carbons (Fsp3) is 0.368. The van der Waals surface area contributed by atoms with Crippen LogP contribution in [-0.2, 0) is 15.9 Å². The second-order valence-electron chi connectivity index (χ2n) is 7.23. The number of hydrogen-bond donors (Lipinski definition) is 1. The van der Waals surface area contributed by atoms with Crippen molar-refractivity contribution < 1.29 is 23.5 Å². The van der Waals surface area contributed by atoms with E-state index in [2.05, 4.69) is 0 Å². The van der Waals surface area contributed by atoms with Gasteiger partial charge in [0.1, 0.15) is 23.9 Å². The third-order valence-electron chi connectivity index (χ3n) is 4.82. The topological polar surface area (TPSA) is 47.9 Å². The third-order valence-corrected chi connectivity index (χ3v) is 4.82. The standard InChI is InChI=1S/C19H22BFO4/c1-18(2)19(3,4)25-20(24-18)16-10-9-15(11-17(16)21)23-12-13-5-7-14(22)8-6-13/h5-11,22H,12H2,1-4H3. The van der Waals surface area contributed by atoms with E-state index in [9.17, 15) is 9.50 Å². The van der Waals surface area contributed by atoms with Crippen LogP contribution < -0.4 is 10.2 Å². The van der Waals surface area contributed by atoms with Crippen molar-refractivity contribution in [2.75, 3.05) is 0 Å². The Kier molecular flexibility index (Phi) is 4.52. The van der Waals surface area contributed by atoms with E-state index in [1.807, 2.05) is 27.7 Å². The maximum Gasteiger partial charge on any atom is 0.497 e. The fourth-order valence-corrected chi connectivity index (χ4v) is 2.52. The summed E-state index contributed by atoms with van der Waals surface area (Å²) in [5.41, 5.74) is 0.208. The average molecular weight is 344 g/mol. The molecular formula is C19H22BFO4. The molecule has 0 saturated carbocycles. The highest BCUT2D eigenvalue weighted by atomic mass is 19.1. The SMILES string of the molecule is CC1(C)OB(c2ccc(OCc3ccc(O)cc3)cc2F)OC1(C)C. The van der Waals surface area contributed by atoms with Crippen molar-refractivity contribution in [1.29, 1.82) is 0 Å². The number of halogens is 1. The Labute approximate surface area is 147 Å². The van der Waals surface area contributed by atoms with Crippen LogP contribution >= 0.6 is 0 Å². The van der Waals surface area contributed by atoms with Gasteiger partial charge in [-0.15, -0.1) is 0 Å². The molecule has 6 heteroatoms. The van der Waals surface area contributed by atoms with Crippen LogP contribution in [0.5, 0.6) is 11.5 Å². The number of phenols is 1. The molecule has 1 saturated heterocycles. The van der Waals surface area contributed by atoms with Gasteiger partial charge < -0.3 is 19.2 Å². The summed E-state index contributed by atoms with van der Waals surface area (Å²) in [4.78, 5) is 0. The summed E-state index contributed by atoms with van der Waals surface area (Å²) in [5.74, 6) is 0.189. The van der Waals surface area contributed by atoms with Crippen molar-refractivity contribution in [1.82, 2.24) is 0 Å². The Bertz CT molecular complexity index is 743. The van der Waals surface area contributed by atoms with E-state index >= 15 is 0 Å². The van der Waals surface area contributed by atoms with Gasteiger partial charge in [-0.1, -0.05) is 18.2 Å². The largest absolute Gasteiger partial charge is 0.508 e. The molecule has 0 unspecified atom stereocenters. The maximum absolute atomic E-state index is 14.5. The van der Waals surface area contributed by atoms with Crippen LogP contribution in [0.25, 0.3) is 0 Å². The van der Waals surface area contributed by atoms with Gasteiger partial charge in [0.25, 0.3) is 0 Å². The van der Waals surface area contributed by atoms with E-state index in [1.165, 1.54) is 6.07 Å². The Hall–Kier alpha value is -2.05. The molecular weight excluding hydrogens is 322 g/mol. The first kappa shape index (κ1) is 17.8. The molecule has 0 radical (unpaired) electrons. The molecule has 0 spiro atoms. The minimum atomic E-state index is -0.740. The third kappa shape index (κ3) is 3.65. The van der Waals surface area contributed by atoms with E-state index in [0.29, 0.717) is 11.2 Å². The number of hydrogen-bond acceptors (Lipinski definition) is 4. The summed E-state index contributed by atoms with van der Waals surface area (Å²) >= 11 is 0. The minimum absolute atomic E-state index is 0.196. The number of rotatable bonds is 4. The summed E-state index contributed by atoms with van der Waals surface area (Å²) in [6, 6.07) is 11.3. The Morgan fingerprint density at radius 3 is 2.16 bits per heavy atom. The predicted octanol–water partition coefficient (Wildman–Crippen LogP) is 3.41. The van der Waals surface area contributed by atoms with Crippen molar-refractivity contribution in [2.24, 2.45) is 0 Å². The van der Waals surface area contributed by atoms with Gasteiger partial charge >= 0.3 is 7.12 Å². The molecule has 0 amide bonds. The maximum atomic E-state index is 14.5. The summed E-state index contributed by atoms with van der Waals surface area (Å²) in [7, 11) is -0.740. The molecule has 1 N–H and O–H groups in total.